The number of sulfonamides is 1. The minimum absolute atomic E-state index is 0.132. The molecule has 31 heavy (non-hydrogen) atoms. The maximum atomic E-state index is 12.9. The molecule has 3 aromatic rings. The Kier molecular flexibility index (Phi) is 5.95. The van der Waals surface area contributed by atoms with Gasteiger partial charge < -0.3 is 10.2 Å². The van der Waals surface area contributed by atoms with E-state index in [9.17, 15) is 13.2 Å². The van der Waals surface area contributed by atoms with E-state index in [-0.39, 0.29) is 10.8 Å². The molecule has 1 aliphatic heterocycles. The Morgan fingerprint density at radius 2 is 1.48 bits per heavy atom. The predicted octanol–water partition coefficient (Wildman–Crippen LogP) is 4.36. The van der Waals surface area contributed by atoms with Crippen LogP contribution in [0.5, 0.6) is 0 Å². The molecule has 1 aliphatic rings. The van der Waals surface area contributed by atoms with Gasteiger partial charge in [-0.1, -0.05) is 30.3 Å². The third kappa shape index (κ3) is 4.41. The molecule has 0 bridgehead atoms. The van der Waals surface area contributed by atoms with Crippen LogP contribution in [0.2, 0.25) is 0 Å². The zero-order valence-corrected chi connectivity index (χ0v) is 18.2. The molecule has 0 unspecified atom stereocenters. The van der Waals surface area contributed by atoms with Crippen molar-refractivity contribution in [3.8, 4) is 0 Å². The van der Waals surface area contributed by atoms with Crippen LogP contribution in [0.25, 0.3) is 0 Å². The highest BCUT2D eigenvalue weighted by atomic mass is 32.2. The highest BCUT2D eigenvalue weighted by Gasteiger charge is 2.22. The lowest BCUT2D eigenvalue weighted by atomic mass is 10.2. The van der Waals surface area contributed by atoms with E-state index < -0.39 is 10.0 Å². The summed E-state index contributed by atoms with van der Waals surface area (Å²) in [6.07, 6.45) is 2.30. The van der Waals surface area contributed by atoms with E-state index >= 15 is 0 Å². The van der Waals surface area contributed by atoms with Gasteiger partial charge in [-0.2, -0.15) is 0 Å². The Morgan fingerprint density at radius 3 is 2.16 bits per heavy atom. The Balaban J connectivity index is 1.52. The number of para-hydroxylation sites is 3. The quantitative estimate of drug-likeness (QED) is 0.624. The minimum Gasteiger partial charge on any atom is -0.370 e. The van der Waals surface area contributed by atoms with Gasteiger partial charge in [0.1, 0.15) is 0 Å². The van der Waals surface area contributed by atoms with Crippen LogP contribution in [-0.2, 0) is 10.0 Å². The first-order valence-electron chi connectivity index (χ1n) is 10.3. The molecule has 1 heterocycles. The second kappa shape index (κ2) is 8.81. The number of nitrogens with one attached hydrogen (secondary N) is 1. The molecular weight excluding hydrogens is 410 g/mol. The minimum atomic E-state index is -3.72. The van der Waals surface area contributed by atoms with Gasteiger partial charge in [-0.25, -0.2) is 8.42 Å². The lowest BCUT2D eigenvalue weighted by Gasteiger charge is -2.21. The second-order valence-electron chi connectivity index (χ2n) is 7.50. The smallest absolute Gasteiger partial charge is 0.264 e. The molecule has 0 aromatic heterocycles. The summed E-state index contributed by atoms with van der Waals surface area (Å²) >= 11 is 0. The summed E-state index contributed by atoms with van der Waals surface area (Å²) < 4.78 is 27.1. The average molecular weight is 436 g/mol. The van der Waals surface area contributed by atoms with Crippen molar-refractivity contribution in [2.75, 3.05) is 34.7 Å². The Hall–Kier alpha value is -3.32. The van der Waals surface area contributed by atoms with Crippen molar-refractivity contribution in [1.29, 1.82) is 0 Å². The van der Waals surface area contributed by atoms with Crippen LogP contribution in [0.15, 0.2) is 83.8 Å². The van der Waals surface area contributed by atoms with Gasteiger partial charge in [-0.3, -0.25) is 9.10 Å². The Bertz CT molecular complexity index is 1160. The largest absolute Gasteiger partial charge is 0.370 e. The SMILES string of the molecule is CN(c1ccccc1)S(=O)(=O)c1ccc(C(=O)Nc2ccccc2N2CCCC2)cc1. The van der Waals surface area contributed by atoms with Crippen LogP contribution < -0.4 is 14.5 Å². The molecule has 1 N–H and O–H groups in total. The lowest BCUT2D eigenvalue weighted by Crippen LogP contribution is -2.26. The van der Waals surface area contributed by atoms with E-state index in [1.165, 1.54) is 23.5 Å². The van der Waals surface area contributed by atoms with Crippen LogP contribution in [0.3, 0.4) is 0 Å². The van der Waals surface area contributed by atoms with E-state index in [4.69, 9.17) is 0 Å². The molecule has 3 aromatic carbocycles. The molecule has 0 radical (unpaired) electrons. The van der Waals surface area contributed by atoms with E-state index in [0.717, 1.165) is 37.3 Å². The van der Waals surface area contributed by atoms with Gasteiger partial charge in [0.05, 0.1) is 22.0 Å². The van der Waals surface area contributed by atoms with E-state index in [1.54, 1.807) is 36.4 Å². The van der Waals surface area contributed by atoms with E-state index in [2.05, 4.69) is 10.2 Å². The summed E-state index contributed by atoms with van der Waals surface area (Å²) in [5, 5.41) is 2.97. The zero-order valence-electron chi connectivity index (χ0n) is 17.4. The molecule has 0 aliphatic carbocycles. The summed E-state index contributed by atoms with van der Waals surface area (Å²) in [7, 11) is -2.20. The first-order chi connectivity index (χ1) is 15.0. The number of hydrogen-bond donors (Lipinski definition) is 1. The van der Waals surface area contributed by atoms with Crippen LogP contribution >= 0.6 is 0 Å². The monoisotopic (exact) mass is 435 g/mol. The van der Waals surface area contributed by atoms with E-state index in [1.807, 2.05) is 30.3 Å². The van der Waals surface area contributed by atoms with Crippen molar-refractivity contribution >= 4 is 33.0 Å². The molecule has 0 atom stereocenters. The zero-order chi connectivity index (χ0) is 21.8. The summed E-state index contributed by atoms with van der Waals surface area (Å²) in [5.41, 5.74) is 2.74. The van der Waals surface area contributed by atoms with Gasteiger partial charge in [-0.15, -0.1) is 0 Å². The van der Waals surface area contributed by atoms with Gasteiger partial charge in [0, 0.05) is 25.7 Å². The number of nitrogens with zero attached hydrogens (tertiary/aromatic N) is 2. The Morgan fingerprint density at radius 1 is 0.871 bits per heavy atom. The number of benzene rings is 3. The van der Waals surface area contributed by atoms with Crippen LogP contribution in [0.1, 0.15) is 23.2 Å². The van der Waals surface area contributed by atoms with Gasteiger partial charge in [-0.05, 0) is 61.4 Å². The number of anilines is 3. The summed E-state index contributed by atoms with van der Waals surface area (Å²) in [6, 6.07) is 22.6. The predicted molar refractivity (Wildman–Crippen MR) is 124 cm³/mol. The normalized spacial score (nSPS) is 13.8. The maximum absolute atomic E-state index is 12.9. The third-order valence-corrected chi connectivity index (χ3v) is 7.29. The van der Waals surface area contributed by atoms with E-state index in [0.29, 0.717) is 11.3 Å². The lowest BCUT2D eigenvalue weighted by molar-refractivity contribution is 0.102. The standard InChI is InChI=1S/C24H25N3O3S/c1-26(20-9-3-2-4-10-20)31(29,30)21-15-13-19(14-16-21)24(28)25-22-11-5-6-12-23(22)27-17-7-8-18-27/h2-6,9-16H,7-8,17-18H2,1H3,(H,25,28). The number of amides is 1. The number of rotatable bonds is 6. The van der Waals surface area contributed by atoms with Gasteiger partial charge in [0.25, 0.3) is 15.9 Å². The number of carbonyl (C=O) groups excluding carboxylic acids is 1. The van der Waals surface area contributed by atoms with Gasteiger partial charge in [0.15, 0.2) is 0 Å². The van der Waals surface area contributed by atoms with Gasteiger partial charge >= 0.3 is 0 Å². The second-order valence-corrected chi connectivity index (χ2v) is 9.47. The van der Waals surface area contributed by atoms with Crippen LogP contribution in [0, 0.1) is 0 Å². The van der Waals surface area contributed by atoms with Crippen LogP contribution in [-0.4, -0.2) is 34.5 Å². The summed E-state index contributed by atoms with van der Waals surface area (Å²) in [4.78, 5) is 15.2. The molecule has 0 spiro atoms. The third-order valence-electron chi connectivity index (χ3n) is 5.49. The molecule has 160 valence electrons. The summed E-state index contributed by atoms with van der Waals surface area (Å²) in [6.45, 7) is 1.96. The fraction of sp³-hybridized carbons (Fsp3) is 0.208. The average Bonchev–Trinajstić information content (AvgIpc) is 3.34. The Labute approximate surface area is 183 Å². The topological polar surface area (TPSA) is 69.7 Å². The molecule has 0 saturated carbocycles. The molecule has 1 saturated heterocycles. The number of hydrogen-bond acceptors (Lipinski definition) is 4. The van der Waals surface area contributed by atoms with Crippen molar-refractivity contribution in [2.45, 2.75) is 17.7 Å². The molecule has 7 heteroatoms. The van der Waals surface area contributed by atoms with Crippen molar-refractivity contribution < 1.29 is 13.2 Å². The van der Waals surface area contributed by atoms with Crippen LogP contribution in [0.4, 0.5) is 17.1 Å². The van der Waals surface area contributed by atoms with Gasteiger partial charge in [0.2, 0.25) is 0 Å². The molecule has 1 amide bonds. The fourth-order valence-electron chi connectivity index (χ4n) is 3.72. The first kappa shape index (κ1) is 20.9. The van der Waals surface area contributed by atoms with Crippen molar-refractivity contribution in [2.24, 2.45) is 0 Å². The molecule has 4 rings (SSSR count). The maximum Gasteiger partial charge on any atom is 0.264 e. The molecule has 1 fully saturated rings. The fourth-order valence-corrected chi connectivity index (χ4v) is 4.92. The van der Waals surface area contributed by atoms with Crippen molar-refractivity contribution in [3.63, 3.8) is 0 Å². The highest BCUT2D eigenvalue weighted by Crippen LogP contribution is 2.29. The highest BCUT2D eigenvalue weighted by molar-refractivity contribution is 7.92. The number of carbonyl (C=O) groups is 1. The molecular formula is C24H25N3O3S. The molecule has 6 nitrogen and oxygen atoms in total. The summed E-state index contributed by atoms with van der Waals surface area (Å²) in [5.74, 6) is -0.271. The van der Waals surface area contributed by atoms with Crippen molar-refractivity contribution in [3.05, 3.63) is 84.4 Å². The van der Waals surface area contributed by atoms with Crippen molar-refractivity contribution in [1.82, 2.24) is 0 Å². The first-order valence-corrected chi connectivity index (χ1v) is 11.7.